The van der Waals surface area contributed by atoms with E-state index in [1.807, 2.05) is 0 Å². The van der Waals surface area contributed by atoms with Gasteiger partial charge in [-0.15, -0.1) is 0 Å². The van der Waals surface area contributed by atoms with Crippen LogP contribution in [0.1, 0.15) is 26.3 Å². The van der Waals surface area contributed by atoms with E-state index >= 15 is 0 Å². The Kier molecular flexibility index (Phi) is 3.87. The second kappa shape index (κ2) is 5.20. The highest BCUT2D eigenvalue weighted by atomic mass is 19.4. The van der Waals surface area contributed by atoms with E-state index in [1.165, 1.54) is 0 Å². The molecule has 0 unspecified atom stereocenters. The maximum absolute atomic E-state index is 13.3. The summed E-state index contributed by atoms with van der Waals surface area (Å²) in [5.74, 6) is -3.94. The summed E-state index contributed by atoms with van der Waals surface area (Å²) in [5.41, 5.74) is -0.372. The smallest absolute Gasteiger partial charge is 0.396 e. The molecule has 0 saturated heterocycles. The van der Waals surface area contributed by atoms with E-state index in [4.69, 9.17) is 4.74 Å². The summed E-state index contributed by atoms with van der Waals surface area (Å²) in [6.45, 7) is 4.83. The maximum atomic E-state index is 13.3. The van der Waals surface area contributed by atoms with Crippen LogP contribution in [0.2, 0.25) is 0 Å². The molecular weight excluding hydrogens is 281 g/mol. The van der Waals surface area contributed by atoms with Crippen molar-refractivity contribution in [2.75, 3.05) is 0 Å². The third kappa shape index (κ3) is 3.28. The molecule has 114 valence electrons. The molecule has 1 aliphatic rings. The third-order valence-electron chi connectivity index (χ3n) is 3.52. The number of cyclic esters (lactones) is 1. The average Bonchev–Trinajstić information content (AvgIpc) is 2.36. The molecule has 5 heteroatoms. The Balaban J connectivity index is 2.49. The van der Waals surface area contributed by atoms with Gasteiger partial charge in [-0.1, -0.05) is 51.1 Å². The van der Waals surface area contributed by atoms with Crippen LogP contribution in [-0.2, 0) is 9.53 Å². The van der Waals surface area contributed by atoms with Crippen molar-refractivity contribution < 1.29 is 22.7 Å². The molecule has 0 aliphatic carbocycles. The Labute approximate surface area is 121 Å². The molecule has 2 nitrogen and oxygen atoms in total. The van der Waals surface area contributed by atoms with E-state index in [0.29, 0.717) is 5.56 Å². The molecule has 0 aromatic heterocycles. The molecule has 0 fully saturated rings. The lowest BCUT2D eigenvalue weighted by Gasteiger charge is -2.37. The molecule has 2 atom stereocenters. The number of rotatable bonds is 1. The van der Waals surface area contributed by atoms with Crippen molar-refractivity contribution >= 4 is 11.7 Å². The molecule has 1 aromatic rings. The summed E-state index contributed by atoms with van der Waals surface area (Å²) in [6.07, 6.45) is -3.47. The summed E-state index contributed by atoms with van der Waals surface area (Å²) in [4.78, 5) is 12.1. The van der Waals surface area contributed by atoms with Crippen LogP contribution in [0.5, 0.6) is 0 Å². The van der Waals surface area contributed by atoms with Crippen molar-refractivity contribution in [2.45, 2.75) is 26.9 Å². The normalized spacial score (nSPS) is 23.5. The van der Waals surface area contributed by atoms with Gasteiger partial charge < -0.3 is 4.74 Å². The lowest BCUT2D eigenvalue weighted by molar-refractivity contribution is -0.197. The highest BCUT2D eigenvalue weighted by molar-refractivity contribution is 5.83. The third-order valence-corrected chi connectivity index (χ3v) is 3.52. The first-order valence-corrected chi connectivity index (χ1v) is 6.66. The minimum atomic E-state index is -4.49. The van der Waals surface area contributed by atoms with Gasteiger partial charge in [0, 0.05) is 5.56 Å². The number of carbonyl (C=O) groups excluding carboxylic acids is 1. The van der Waals surface area contributed by atoms with Gasteiger partial charge in [0.05, 0.1) is 11.8 Å². The number of esters is 1. The van der Waals surface area contributed by atoms with Gasteiger partial charge in [-0.05, 0) is 11.5 Å². The number of benzene rings is 1. The Morgan fingerprint density at radius 2 is 1.62 bits per heavy atom. The highest BCUT2D eigenvalue weighted by Gasteiger charge is 2.53. The van der Waals surface area contributed by atoms with E-state index in [0.717, 1.165) is 6.08 Å². The van der Waals surface area contributed by atoms with Gasteiger partial charge in [0.1, 0.15) is 5.76 Å². The van der Waals surface area contributed by atoms with Gasteiger partial charge in [-0.25, -0.2) is 0 Å². The molecule has 2 rings (SSSR count). The second-order valence-corrected chi connectivity index (χ2v) is 6.23. The molecule has 0 saturated carbocycles. The lowest BCUT2D eigenvalue weighted by atomic mass is 9.71. The van der Waals surface area contributed by atoms with E-state index in [1.54, 1.807) is 51.1 Å². The van der Waals surface area contributed by atoms with Gasteiger partial charge in [0.15, 0.2) is 0 Å². The number of hydrogen-bond acceptors (Lipinski definition) is 2. The SMILES string of the molecule is CC(C)(C)[C@@H]1C(=O)OC(c2ccccc2)=C[C@@H]1C(F)(F)F. The first-order chi connectivity index (χ1) is 9.60. The zero-order valence-electron chi connectivity index (χ0n) is 12.1. The summed E-state index contributed by atoms with van der Waals surface area (Å²) >= 11 is 0. The van der Waals surface area contributed by atoms with Crippen molar-refractivity contribution in [1.29, 1.82) is 0 Å². The average molecular weight is 298 g/mol. The molecule has 21 heavy (non-hydrogen) atoms. The zero-order valence-corrected chi connectivity index (χ0v) is 12.1. The van der Waals surface area contributed by atoms with Gasteiger partial charge in [0.25, 0.3) is 0 Å². The standard InChI is InChI=1S/C16H17F3O2/c1-15(2,3)13-11(16(17,18)19)9-12(21-14(13)20)10-7-5-4-6-8-10/h4-9,11,13H,1-3H3/t11-,13-/m0/s1. The minimum absolute atomic E-state index is 0.0246. The van der Waals surface area contributed by atoms with E-state index in [9.17, 15) is 18.0 Å². The fraction of sp³-hybridized carbons (Fsp3) is 0.438. The molecule has 1 aliphatic heterocycles. The number of carbonyl (C=O) groups is 1. The number of alkyl halides is 3. The van der Waals surface area contributed by atoms with Crippen molar-refractivity contribution in [3.05, 3.63) is 42.0 Å². The van der Waals surface area contributed by atoms with Crippen LogP contribution in [0, 0.1) is 17.3 Å². The van der Waals surface area contributed by atoms with Gasteiger partial charge in [-0.3, -0.25) is 4.79 Å². The first kappa shape index (κ1) is 15.6. The predicted molar refractivity (Wildman–Crippen MR) is 73.0 cm³/mol. The van der Waals surface area contributed by atoms with E-state index < -0.39 is 29.4 Å². The molecule has 1 heterocycles. The molecular formula is C16H17F3O2. The zero-order chi connectivity index (χ0) is 15.8. The Morgan fingerprint density at radius 1 is 1.05 bits per heavy atom. The quantitative estimate of drug-likeness (QED) is 0.717. The van der Waals surface area contributed by atoms with Crippen LogP contribution in [0.4, 0.5) is 13.2 Å². The number of hydrogen-bond donors (Lipinski definition) is 0. The van der Waals surface area contributed by atoms with Gasteiger partial charge in [0.2, 0.25) is 0 Å². The molecule has 0 bridgehead atoms. The summed E-state index contributed by atoms with van der Waals surface area (Å²) in [6, 6.07) is 8.34. The molecule has 0 amide bonds. The Hall–Kier alpha value is -1.78. The van der Waals surface area contributed by atoms with Crippen LogP contribution < -0.4 is 0 Å². The lowest BCUT2D eigenvalue weighted by Crippen LogP contribution is -2.44. The summed E-state index contributed by atoms with van der Waals surface area (Å²) in [5, 5.41) is 0. The number of halogens is 3. The summed E-state index contributed by atoms with van der Waals surface area (Å²) < 4.78 is 45.2. The number of ether oxygens (including phenoxy) is 1. The minimum Gasteiger partial charge on any atom is -0.426 e. The monoisotopic (exact) mass is 298 g/mol. The van der Waals surface area contributed by atoms with Gasteiger partial charge >= 0.3 is 12.1 Å². The summed E-state index contributed by atoms with van der Waals surface area (Å²) in [7, 11) is 0. The van der Waals surface area contributed by atoms with Crippen LogP contribution in [0.15, 0.2) is 36.4 Å². The van der Waals surface area contributed by atoms with Crippen LogP contribution in [0.3, 0.4) is 0 Å². The van der Waals surface area contributed by atoms with E-state index in [-0.39, 0.29) is 5.76 Å². The van der Waals surface area contributed by atoms with Crippen LogP contribution >= 0.6 is 0 Å². The molecule has 1 aromatic carbocycles. The maximum Gasteiger partial charge on any atom is 0.396 e. The van der Waals surface area contributed by atoms with Crippen LogP contribution in [-0.4, -0.2) is 12.1 Å². The Morgan fingerprint density at radius 3 is 2.10 bits per heavy atom. The predicted octanol–water partition coefficient (Wildman–Crippen LogP) is 4.43. The molecule has 0 radical (unpaired) electrons. The largest absolute Gasteiger partial charge is 0.426 e. The molecule has 0 spiro atoms. The highest BCUT2D eigenvalue weighted by Crippen LogP contribution is 2.46. The van der Waals surface area contributed by atoms with Crippen molar-refractivity contribution in [3.63, 3.8) is 0 Å². The number of allylic oxidation sites excluding steroid dienone is 1. The van der Waals surface area contributed by atoms with E-state index in [2.05, 4.69) is 0 Å². The topological polar surface area (TPSA) is 26.3 Å². The van der Waals surface area contributed by atoms with Crippen molar-refractivity contribution in [1.82, 2.24) is 0 Å². The van der Waals surface area contributed by atoms with Crippen LogP contribution in [0.25, 0.3) is 5.76 Å². The fourth-order valence-corrected chi connectivity index (χ4v) is 2.55. The second-order valence-electron chi connectivity index (χ2n) is 6.23. The fourth-order valence-electron chi connectivity index (χ4n) is 2.55. The molecule has 0 N–H and O–H groups in total. The van der Waals surface area contributed by atoms with Gasteiger partial charge in [-0.2, -0.15) is 13.2 Å². The van der Waals surface area contributed by atoms with Crippen molar-refractivity contribution in [3.8, 4) is 0 Å². The first-order valence-electron chi connectivity index (χ1n) is 6.66. The van der Waals surface area contributed by atoms with Crippen molar-refractivity contribution in [2.24, 2.45) is 17.3 Å². The Bertz CT molecular complexity index is 553.